The van der Waals surface area contributed by atoms with Gasteiger partial charge in [0.05, 0.1) is 12.2 Å². The van der Waals surface area contributed by atoms with Crippen molar-refractivity contribution in [1.82, 2.24) is 0 Å². The van der Waals surface area contributed by atoms with E-state index in [2.05, 4.69) is 131 Å². The molecule has 192 valence electrons. The SMILES string of the molecule is CC(C)[C@]1(O)[C@H](C[Si](C)(C)C)[C@H](COC(c2ccccc2)(c2ccccc2)c2ccccc2)C[C@@H]1C. The van der Waals surface area contributed by atoms with Gasteiger partial charge < -0.3 is 9.84 Å². The van der Waals surface area contributed by atoms with Crippen molar-refractivity contribution in [1.29, 1.82) is 0 Å². The maximum absolute atomic E-state index is 12.1. The molecule has 0 radical (unpaired) electrons. The normalized spacial score (nSPS) is 24.8. The molecule has 0 unspecified atom stereocenters. The minimum absolute atomic E-state index is 0.223. The molecule has 0 aliphatic heterocycles. The van der Waals surface area contributed by atoms with Crippen LogP contribution in [0.1, 0.15) is 43.9 Å². The van der Waals surface area contributed by atoms with Gasteiger partial charge in [-0.2, -0.15) is 0 Å². The summed E-state index contributed by atoms with van der Waals surface area (Å²) in [6, 6.07) is 33.0. The van der Waals surface area contributed by atoms with E-state index in [1.807, 2.05) is 0 Å². The predicted octanol–water partition coefficient (Wildman–Crippen LogP) is 7.99. The summed E-state index contributed by atoms with van der Waals surface area (Å²) in [5.74, 6) is 1.04. The molecule has 0 bridgehead atoms. The van der Waals surface area contributed by atoms with Crippen molar-refractivity contribution in [2.24, 2.45) is 23.7 Å². The molecule has 3 aromatic rings. The van der Waals surface area contributed by atoms with E-state index >= 15 is 0 Å². The van der Waals surface area contributed by atoms with Gasteiger partial charge in [-0.3, -0.25) is 0 Å². The first-order valence-electron chi connectivity index (χ1n) is 13.6. The van der Waals surface area contributed by atoms with Gasteiger partial charge in [0, 0.05) is 8.07 Å². The van der Waals surface area contributed by atoms with Gasteiger partial charge in [0.2, 0.25) is 0 Å². The van der Waals surface area contributed by atoms with Crippen LogP contribution >= 0.6 is 0 Å². The average molecular weight is 501 g/mol. The molecule has 1 N–H and O–H groups in total. The molecule has 3 aromatic carbocycles. The lowest BCUT2D eigenvalue weighted by Gasteiger charge is -2.42. The van der Waals surface area contributed by atoms with E-state index in [-0.39, 0.29) is 17.8 Å². The highest BCUT2D eigenvalue weighted by molar-refractivity contribution is 6.76. The summed E-state index contributed by atoms with van der Waals surface area (Å²) in [6.07, 6.45) is 0.998. The van der Waals surface area contributed by atoms with Gasteiger partial charge in [-0.15, -0.1) is 0 Å². The first kappa shape index (κ1) is 26.8. The molecular formula is C33H44O2Si. The summed E-state index contributed by atoms with van der Waals surface area (Å²) in [5.41, 5.74) is 2.04. The van der Waals surface area contributed by atoms with Crippen molar-refractivity contribution in [3.05, 3.63) is 108 Å². The van der Waals surface area contributed by atoms with Gasteiger partial charge in [0.1, 0.15) is 5.60 Å². The molecule has 3 heteroatoms. The van der Waals surface area contributed by atoms with Crippen molar-refractivity contribution in [2.75, 3.05) is 6.61 Å². The maximum atomic E-state index is 12.1. The van der Waals surface area contributed by atoms with Crippen molar-refractivity contribution in [3.63, 3.8) is 0 Å². The fraction of sp³-hybridized carbons (Fsp3) is 0.455. The van der Waals surface area contributed by atoms with E-state index in [0.717, 1.165) is 29.2 Å². The largest absolute Gasteiger partial charge is 0.389 e. The molecule has 0 spiro atoms. The van der Waals surface area contributed by atoms with Crippen LogP contribution in [0.15, 0.2) is 91.0 Å². The lowest BCUT2D eigenvalue weighted by atomic mass is 9.75. The van der Waals surface area contributed by atoms with Crippen molar-refractivity contribution in [3.8, 4) is 0 Å². The van der Waals surface area contributed by atoms with Crippen LogP contribution in [0.4, 0.5) is 0 Å². The van der Waals surface area contributed by atoms with Gasteiger partial charge in [-0.05, 0) is 46.8 Å². The molecule has 0 heterocycles. The zero-order valence-corrected chi connectivity index (χ0v) is 23.9. The molecule has 1 aliphatic carbocycles. The number of ether oxygens (including phenoxy) is 1. The number of aliphatic hydroxyl groups is 1. The van der Waals surface area contributed by atoms with E-state index in [9.17, 15) is 5.11 Å². The van der Waals surface area contributed by atoms with Gasteiger partial charge in [-0.1, -0.05) is 137 Å². The third-order valence-electron chi connectivity index (χ3n) is 8.42. The van der Waals surface area contributed by atoms with Crippen LogP contribution < -0.4 is 0 Å². The summed E-state index contributed by atoms with van der Waals surface area (Å²) in [5, 5.41) is 12.1. The van der Waals surface area contributed by atoms with E-state index < -0.39 is 19.3 Å². The molecule has 4 rings (SSSR count). The van der Waals surface area contributed by atoms with E-state index in [1.54, 1.807) is 0 Å². The van der Waals surface area contributed by atoms with Crippen LogP contribution in [0.25, 0.3) is 0 Å². The molecular weight excluding hydrogens is 456 g/mol. The second-order valence-corrected chi connectivity index (χ2v) is 17.9. The lowest BCUT2D eigenvalue weighted by molar-refractivity contribution is -0.0812. The molecule has 0 saturated heterocycles. The first-order valence-corrected chi connectivity index (χ1v) is 17.3. The van der Waals surface area contributed by atoms with Crippen molar-refractivity contribution in [2.45, 2.75) is 64.1 Å². The first-order chi connectivity index (χ1) is 17.1. The summed E-state index contributed by atoms with van der Waals surface area (Å²) in [4.78, 5) is 0. The highest BCUT2D eigenvalue weighted by atomic mass is 28.3. The molecule has 2 nitrogen and oxygen atoms in total. The monoisotopic (exact) mass is 500 g/mol. The van der Waals surface area contributed by atoms with Crippen molar-refractivity contribution < 1.29 is 9.84 Å². The van der Waals surface area contributed by atoms with Crippen LogP contribution in [0.3, 0.4) is 0 Å². The lowest BCUT2D eigenvalue weighted by Crippen LogP contribution is -2.48. The Bertz CT molecular complexity index is 994. The fourth-order valence-electron chi connectivity index (χ4n) is 6.72. The van der Waals surface area contributed by atoms with Gasteiger partial charge in [0.15, 0.2) is 0 Å². The third-order valence-corrected chi connectivity index (χ3v) is 10.1. The fourth-order valence-corrected chi connectivity index (χ4v) is 8.70. The predicted molar refractivity (Wildman–Crippen MR) is 154 cm³/mol. The van der Waals surface area contributed by atoms with Gasteiger partial charge >= 0.3 is 0 Å². The quantitative estimate of drug-likeness (QED) is 0.238. The Morgan fingerprint density at radius 3 is 1.61 bits per heavy atom. The topological polar surface area (TPSA) is 29.5 Å². The highest BCUT2D eigenvalue weighted by Gasteiger charge is 2.55. The van der Waals surface area contributed by atoms with Crippen molar-refractivity contribution >= 4 is 8.07 Å². The molecule has 1 aliphatic rings. The molecule has 0 aromatic heterocycles. The van der Waals surface area contributed by atoms with Crippen LogP contribution in [0, 0.1) is 23.7 Å². The Labute approximate surface area is 219 Å². The maximum Gasteiger partial charge on any atom is 0.143 e. The number of hydrogen-bond acceptors (Lipinski definition) is 2. The summed E-state index contributed by atoms with van der Waals surface area (Å²) in [7, 11) is -1.41. The Balaban J connectivity index is 1.79. The summed E-state index contributed by atoms with van der Waals surface area (Å²) < 4.78 is 7.24. The van der Waals surface area contributed by atoms with Crippen LogP contribution in [0.2, 0.25) is 25.7 Å². The standard InChI is InChI=1S/C33H44O2Si/c1-25(2)32(34)26(3)22-27(31(32)24-36(4,5)6)23-35-33(28-16-10-7-11-17-28,29-18-12-8-13-19-29)30-20-14-9-15-21-30/h7-21,25-27,31,34H,22-24H2,1-6H3/t26-,27-,31+,32+/m0/s1. The summed E-state index contributed by atoms with van der Waals surface area (Å²) >= 11 is 0. The third kappa shape index (κ3) is 5.11. The Hall–Kier alpha value is -2.20. The van der Waals surface area contributed by atoms with E-state index in [1.165, 1.54) is 0 Å². The molecule has 0 amide bonds. The number of rotatable bonds is 9. The minimum Gasteiger partial charge on any atom is -0.389 e. The molecule has 4 atom stereocenters. The summed E-state index contributed by atoms with van der Waals surface area (Å²) in [6.45, 7) is 14.5. The van der Waals surface area contributed by atoms with Crippen LogP contribution in [0.5, 0.6) is 0 Å². The van der Waals surface area contributed by atoms with Gasteiger partial charge in [-0.25, -0.2) is 0 Å². The molecule has 1 fully saturated rings. The second kappa shape index (κ2) is 10.7. The average Bonchev–Trinajstić information content (AvgIpc) is 3.11. The Morgan fingerprint density at radius 2 is 1.25 bits per heavy atom. The Morgan fingerprint density at radius 1 is 0.833 bits per heavy atom. The van der Waals surface area contributed by atoms with Crippen LogP contribution in [-0.2, 0) is 10.3 Å². The second-order valence-electron chi connectivity index (χ2n) is 12.4. The smallest absolute Gasteiger partial charge is 0.143 e. The number of benzene rings is 3. The van der Waals surface area contributed by atoms with E-state index in [0.29, 0.717) is 12.5 Å². The zero-order chi connectivity index (χ0) is 26.0. The molecule has 36 heavy (non-hydrogen) atoms. The van der Waals surface area contributed by atoms with Gasteiger partial charge in [0.25, 0.3) is 0 Å². The highest BCUT2D eigenvalue weighted by Crippen LogP contribution is 2.53. The minimum atomic E-state index is -1.41. The zero-order valence-electron chi connectivity index (χ0n) is 22.9. The van der Waals surface area contributed by atoms with Crippen LogP contribution in [-0.4, -0.2) is 25.4 Å². The Kier molecular flexibility index (Phi) is 7.94. The molecule has 1 saturated carbocycles. The van der Waals surface area contributed by atoms with E-state index in [4.69, 9.17) is 4.74 Å². The number of hydrogen-bond donors (Lipinski definition) is 1.